The van der Waals surface area contributed by atoms with E-state index in [1.807, 2.05) is 0 Å². The third-order valence-electron chi connectivity index (χ3n) is 3.86. The molecule has 0 radical (unpaired) electrons. The van der Waals surface area contributed by atoms with E-state index in [-0.39, 0.29) is 11.5 Å². The second-order valence-corrected chi connectivity index (χ2v) is 5.25. The van der Waals surface area contributed by atoms with Crippen LogP contribution in [0.4, 0.5) is 5.82 Å². The molecule has 0 spiro atoms. The van der Waals surface area contributed by atoms with Crippen molar-refractivity contribution in [1.82, 2.24) is 10.3 Å². The van der Waals surface area contributed by atoms with E-state index >= 15 is 0 Å². The smallest absolute Gasteiger partial charge is 0.255 e. The fraction of sp³-hybridized carbons (Fsp3) is 0.600. The number of hydrogen-bond acceptors (Lipinski definition) is 4. The summed E-state index contributed by atoms with van der Waals surface area (Å²) in [5, 5.41) is 6.15. The molecule has 1 amide bonds. The molecule has 1 heterocycles. The molecule has 2 N–H and O–H groups in total. The molecular weight excluding hydrogens is 254 g/mol. The zero-order valence-corrected chi connectivity index (χ0v) is 12.2. The number of carbonyl (C=O) groups excluding carboxylic acids is 1. The summed E-state index contributed by atoms with van der Waals surface area (Å²) in [6.07, 6.45) is 5.87. The van der Waals surface area contributed by atoms with Crippen LogP contribution in [0.25, 0.3) is 0 Å². The Kier molecular flexibility index (Phi) is 4.95. The summed E-state index contributed by atoms with van der Waals surface area (Å²) >= 11 is 0. The lowest BCUT2D eigenvalue weighted by Crippen LogP contribution is -2.49. The second kappa shape index (κ2) is 6.70. The molecule has 1 aromatic heterocycles. The first-order valence-electron chi connectivity index (χ1n) is 7.23. The summed E-state index contributed by atoms with van der Waals surface area (Å²) in [6.45, 7) is 3.44. The van der Waals surface area contributed by atoms with Gasteiger partial charge in [-0.05, 0) is 37.8 Å². The third kappa shape index (κ3) is 3.28. The Labute approximate surface area is 120 Å². The Hall–Kier alpha value is -1.62. The van der Waals surface area contributed by atoms with Gasteiger partial charge in [-0.2, -0.15) is 0 Å². The maximum atomic E-state index is 12.3. The molecule has 0 aromatic carbocycles. The van der Waals surface area contributed by atoms with Crippen molar-refractivity contribution in [3.63, 3.8) is 0 Å². The Morgan fingerprint density at radius 3 is 2.90 bits per heavy atom. The molecule has 20 heavy (non-hydrogen) atoms. The largest absolute Gasteiger partial charge is 0.376 e. The molecule has 5 heteroatoms. The van der Waals surface area contributed by atoms with Crippen molar-refractivity contribution in [2.75, 3.05) is 25.5 Å². The van der Waals surface area contributed by atoms with Crippen LogP contribution in [0.5, 0.6) is 0 Å². The summed E-state index contributed by atoms with van der Waals surface area (Å²) in [6, 6.07) is 3.57. The van der Waals surface area contributed by atoms with Gasteiger partial charge in [0.1, 0.15) is 5.82 Å². The Morgan fingerprint density at radius 2 is 2.30 bits per heavy atom. The number of ether oxygens (including phenoxy) is 1. The van der Waals surface area contributed by atoms with E-state index < -0.39 is 0 Å². The van der Waals surface area contributed by atoms with Gasteiger partial charge in [0.05, 0.1) is 11.2 Å². The summed E-state index contributed by atoms with van der Waals surface area (Å²) in [4.78, 5) is 16.5. The number of nitrogens with zero attached hydrogens (tertiary/aromatic N) is 1. The highest BCUT2D eigenvalue weighted by Crippen LogP contribution is 2.34. The normalized spacial score (nSPS) is 16.3. The van der Waals surface area contributed by atoms with E-state index in [4.69, 9.17) is 4.74 Å². The lowest BCUT2D eigenvalue weighted by molar-refractivity contribution is -0.0679. The Morgan fingerprint density at radius 1 is 1.50 bits per heavy atom. The zero-order valence-electron chi connectivity index (χ0n) is 12.2. The van der Waals surface area contributed by atoms with Gasteiger partial charge in [-0.15, -0.1) is 0 Å². The third-order valence-corrected chi connectivity index (χ3v) is 3.86. The molecule has 0 unspecified atom stereocenters. The topological polar surface area (TPSA) is 63.2 Å². The lowest BCUT2D eigenvalue weighted by Gasteiger charge is -2.40. The SMILES string of the molecule is CCCNc1ncccc1C(=O)NCC1(OC)CCC1. The van der Waals surface area contributed by atoms with Gasteiger partial charge in [0.2, 0.25) is 0 Å². The molecule has 5 nitrogen and oxygen atoms in total. The number of hydrogen-bond donors (Lipinski definition) is 2. The summed E-state index contributed by atoms with van der Waals surface area (Å²) in [7, 11) is 1.71. The standard InChI is InChI=1S/C15H23N3O2/c1-3-9-16-13-12(6-4-10-17-13)14(19)18-11-15(20-2)7-5-8-15/h4,6,10H,3,5,7-9,11H2,1-2H3,(H,16,17)(H,18,19). The number of aromatic nitrogens is 1. The van der Waals surface area contributed by atoms with E-state index in [9.17, 15) is 4.79 Å². The van der Waals surface area contributed by atoms with Gasteiger partial charge in [0.25, 0.3) is 5.91 Å². The van der Waals surface area contributed by atoms with Crippen molar-refractivity contribution >= 4 is 11.7 Å². The van der Waals surface area contributed by atoms with Gasteiger partial charge in [-0.1, -0.05) is 6.92 Å². The number of carbonyl (C=O) groups is 1. The molecule has 1 fully saturated rings. The predicted octanol–water partition coefficient (Wildman–Crippen LogP) is 2.20. The highest BCUT2D eigenvalue weighted by Gasteiger charge is 2.37. The quantitative estimate of drug-likeness (QED) is 0.802. The average Bonchev–Trinajstić information content (AvgIpc) is 2.44. The number of anilines is 1. The van der Waals surface area contributed by atoms with Gasteiger partial charge in [0.15, 0.2) is 0 Å². The molecule has 1 aliphatic carbocycles. The first kappa shape index (κ1) is 14.8. The van der Waals surface area contributed by atoms with E-state index in [0.717, 1.165) is 25.8 Å². The van der Waals surface area contributed by atoms with Crippen LogP contribution in [-0.4, -0.2) is 36.7 Å². The van der Waals surface area contributed by atoms with Crippen LogP contribution >= 0.6 is 0 Å². The minimum absolute atomic E-state index is 0.0972. The first-order chi connectivity index (χ1) is 9.71. The van der Waals surface area contributed by atoms with E-state index in [0.29, 0.717) is 17.9 Å². The van der Waals surface area contributed by atoms with Crippen molar-refractivity contribution in [3.05, 3.63) is 23.9 Å². The maximum Gasteiger partial charge on any atom is 0.255 e. The van der Waals surface area contributed by atoms with Crippen LogP contribution in [0.2, 0.25) is 0 Å². The zero-order chi connectivity index (χ0) is 14.4. The highest BCUT2D eigenvalue weighted by molar-refractivity contribution is 5.98. The van der Waals surface area contributed by atoms with Gasteiger partial charge in [-0.3, -0.25) is 4.79 Å². The molecule has 2 rings (SSSR count). The van der Waals surface area contributed by atoms with E-state index in [2.05, 4.69) is 22.5 Å². The first-order valence-corrected chi connectivity index (χ1v) is 7.23. The molecule has 1 saturated carbocycles. The van der Waals surface area contributed by atoms with Crippen LogP contribution in [0.15, 0.2) is 18.3 Å². The maximum absolute atomic E-state index is 12.3. The van der Waals surface area contributed by atoms with Gasteiger partial charge < -0.3 is 15.4 Å². The van der Waals surface area contributed by atoms with Crippen LogP contribution in [0, 0.1) is 0 Å². The molecular formula is C15H23N3O2. The van der Waals surface area contributed by atoms with Crippen LogP contribution < -0.4 is 10.6 Å². The average molecular weight is 277 g/mol. The fourth-order valence-electron chi connectivity index (χ4n) is 2.33. The molecule has 0 aliphatic heterocycles. The molecule has 0 saturated heterocycles. The second-order valence-electron chi connectivity index (χ2n) is 5.25. The molecule has 0 bridgehead atoms. The summed E-state index contributed by atoms with van der Waals surface area (Å²) in [5.74, 6) is 0.548. The van der Waals surface area contributed by atoms with Crippen molar-refractivity contribution < 1.29 is 9.53 Å². The Balaban J connectivity index is 1.98. The number of amides is 1. The monoisotopic (exact) mass is 277 g/mol. The minimum Gasteiger partial charge on any atom is -0.376 e. The van der Waals surface area contributed by atoms with E-state index in [1.165, 1.54) is 6.42 Å². The van der Waals surface area contributed by atoms with Crippen LogP contribution in [0.3, 0.4) is 0 Å². The number of nitrogens with one attached hydrogen (secondary N) is 2. The fourth-order valence-corrected chi connectivity index (χ4v) is 2.33. The summed E-state index contributed by atoms with van der Waals surface area (Å²) in [5.41, 5.74) is 0.432. The lowest BCUT2D eigenvalue weighted by atomic mass is 9.80. The summed E-state index contributed by atoms with van der Waals surface area (Å²) < 4.78 is 5.51. The van der Waals surface area contributed by atoms with Gasteiger partial charge in [0, 0.05) is 26.4 Å². The number of rotatable bonds is 7. The van der Waals surface area contributed by atoms with Crippen molar-refractivity contribution in [2.24, 2.45) is 0 Å². The van der Waals surface area contributed by atoms with Gasteiger partial charge in [-0.25, -0.2) is 4.98 Å². The van der Waals surface area contributed by atoms with E-state index in [1.54, 1.807) is 25.4 Å². The number of pyridine rings is 1. The van der Waals surface area contributed by atoms with Crippen molar-refractivity contribution in [1.29, 1.82) is 0 Å². The number of methoxy groups -OCH3 is 1. The van der Waals surface area contributed by atoms with Gasteiger partial charge >= 0.3 is 0 Å². The van der Waals surface area contributed by atoms with Crippen LogP contribution in [0.1, 0.15) is 43.0 Å². The minimum atomic E-state index is -0.158. The molecule has 110 valence electrons. The predicted molar refractivity (Wildman–Crippen MR) is 78.9 cm³/mol. The van der Waals surface area contributed by atoms with Crippen molar-refractivity contribution in [3.8, 4) is 0 Å². The molecule has 0 atom stereocenters. The molecule has 1 aromatic rings. The van der Waals surface area contributed by atoms with Crippen molar-refractivity contribution in [2.45, 2.75) is 38.2 Å². The van der Waals surface area contributed by atoms with Crippen LogP contribution in [-0.2, 0) is 4.74 Å². The Bertz CT molecular complexity index is 453. The molecule has 1 aliphatic rings. The highest BCUT2D eigenvalue weighted by atomic mass is 16.5.